The predicted octanol–water partition coefficient (Wildman–Crippen LogP) is 3.62. The van der Waals surface area contributed by atoms with Crippen molar-refractivity contribution in [3.8, 4) is 5.75 Å². The molecule has 0 amide bonds. The summed E-state index contributed by atoms with van der Waals surface area (Å²) in [6, 6.07) is 8.95. The predicted molar refractivity (Wildman–Crippen MR) is 84.4 cm³/mol. The fourth-order valence-corrected chi connectivity index (χ4v) is 2.04. The molecule has 0 radical (unpaired) electrons. The van der Waals surface area contributed by atoms with Crippen molar-refractivity contribution in [1.82, 2.24) is 20.2 Å². The Kier molecular flexibility index (Phi) is 4.38. The van der Waals surface area contributed by atoms with Crippen LogP contribution in [0.3, 0.4) is 0 Å². The van der Waals surface area contributed by atoms with Crippen LogP contribution >= 0.6 is 11.6 Å². The van der Waals surface area contributed by atoms with E-state index in [9.17, 15) is 4.39 Å². The first-order valence-electron chi connectivity index (χ1n) is 6.79. The molecule has 0 saturated carbocycles. The molecule has 8 heteroatoms. The van der Waals surface area contributed by atoms with Gasteiger partial charge in [0.25, 0.3) is 0 Å². The highest BCUT2D eigenvalue weighted by molar-refractivity contribution is 6.28. The third-order valence-electron chi connectivity index (χ3n) is 2.98. The molecule has 6 nitrogen and oxygen atoms in total. The highest BCUT2D eigenvalue weighted by atomic mass is 35.5. The van der Waals surface area contributed by atoms with Crippen molar-refractivity contribution in [3.05, 3.63) is 59.0 Å². The summed E-state index contributed by atoms with van der Waals surface area (Å²) in [6.45, 7) is 2.29. The highest BCUT2D eigenvalue weighted by Gasteiger charge is 2.06. The number of aromatic nitrogens is 4. The number of anilines is 2. The maximum atomic E-state index is 13.6. The molecule has 2 aromatic heterocycles. The third kappa shape index (κ3) is 3.95. The molecule has 0 bridgehead atoms. The molecule has 0 fully saturated rings. The van der Waals surface area contributed by atoms with Crippen LogP contribution in [0.15, 0.2) is 36.5 Å². The van der Waals surface area contributed by atoms with E-state index in [0.717, 1.165) is 17.6 Å². The molecule has 0 unspecified atom stereocenters. The van der Waals surface area contributed by atoms with Gasteiger partial charge in [-0.15, -0.1) is 0 Å². The summed E-state index contributed by atoms with van der Waals surface area (Å²) in [5, 5.41) is 9.75. The van der Waals surface area contributed by atoms with E-state index in [2.05, 4.69) is 25.5 Å². The second-order valence-electron chi connectivity index (χ2n) is 4.82. The highest BCUT2D eigenvalue weighted by Crippen LogP contribution is 2.21. The zero-order valence-corrected chi connectivity index (χ0v) is 12.9. The fraction of sp³-hybridized carbons (Fsp3) is 0.133. The number of aromatic amines is 1. The molecule has 2 heterocycles. The summed E-state index contributed by atoms with van der Waals surface area (Å²) in [7, 11) is 0. The molecule has 118 valence electrons. The van der Waals surface area contributed by atoms with Crippen LogP contribution in [0.1, 0.15) is 11.4 Å². The SMILES string of the molecule is Cc1cc(COc2ccc(Nc3nc(Cl)ncc3F)cc2)n[nH]1. The Morgan fingerprint density at radius 3 is 2.78 bits per heavy atom. The minimum atomic E-state index is -0.580. The maximum absolute atomic E-state index is 13.6. The van der Waals surface area contributed by atoms with Crippen molar-refractivity contribution >= 4 is 23.1 Å². The third-order valence-corrected chi connectivity index (χ3v) is 3.16. The smallest absolute Gasteiger partial charge is 0.224 e. The molecule has 0 aliphatic heterocycles. The van der Waals surface area contributed by atoms with E-state index in [0.29, 0.717) is 18.0 Å². The van der Waals surface area contributed by atoms with Crippen LogP contribution in [0, 0.1) is 12.7 Å². The number of nitrogens with zero attached hydrogens (tertiary/aromatic N) is 3. The van der Waals surface area contributed by atoms with Gasteiger partial charge in [0.15, 0.2) is 11.6 Å². The van der Waals surface area contributed by atoms with Gasteiger partial charge in [0.2, 0.25) is 5.28 Å². The van der Waals surface area contributed by atoms with E-state index in [1.165, 1.54) is 0 Å². The number of hydrogen-bond acceptors (Lipinski definition) is 5. The molecule has 0 aliphatic carbocycles. The van der Waals surface area contributed by atoms with Crippen LogP contribution in [0.5, 0.6) is 5.75 Å². The second-order valence-corrected chi connectivity index (χ2v) is 5.15. The standard InChI is InChI=1S/C15H13ClFN5O/c1-9-6-11(22-21-9)8-23-12-4-2-10(3-5-12)19-14-13(17)7-18-15(16)20-14/h2-7H,8H2,1H3,(H,21,22)(H,18,19,20). The Balaban J connectivity index is 1.63. The van der Waals surface area contributed by atoms with E-state index in [1.807, 2.05) is 13.0 Å². The van der Waals surface area contributed by atoms with Crippen LogP contribution < -0.4 is 10.1 Å². The van der Waals surface area contributed by atoms with E-state index >= 15 is 0 Å². The van der Waals surface area contributed by atoms with E-state index in [1.54, 1.807) is 24.3 Å². The zero-order valence-electron chi connectivity index (χ0n) is 12.2. The minimum absolute atomic E-state index is 0.0191. The number of rotatable bonds is 5. The van der Waals surface area contributed by atoms with Crippen LogP contribution in [0.4, 0.5) is 15.9 Å². The molecule has 0 spiro atoms. The molecular formula is C15H13ClFN5O. The van der Waals surface area contributed by atoms with Gasteiger partial charge in [-0.2, -0.15) is 10.1 Å². The van der Waals surface area contributed by atoms with Gasteiger partial charge in [-0.3, -0.25) is 5.10 Å². The number of benzene rings is 1. The Bertz CT molecular complexity index is 806. The molecule has 0 saturated heterocycles. The van der Waals surface area contributed by atoms with E-state index < -0.39 is 5.82 Å². The summed E-state index contributed by atoms with van der Waals surface area (Å²) < 4.78 is 19.2. The van der Waals surface area contributed by atoms with Gasteiger partial charge in [-0.25, -0.2) is 9.37 Å². The molecule has 3 rings (SSSR count). The monoisotopic (exact) mass is 333 g/mol. The van der Waals surface area contributed by atoms with E-state index in [-0.39, 0.29) is 11.1 Å². The molecule has 23 heavy (non-hydrogen) atoms. The first kappa shape index (κ1) is 15.2. The molecule has 0 atom stereocenters. The van der Waals surface area contributed by atoms with Crippen molar-refractivity contribution in [2.45, 2.75) is 13.5 Å². The lowest BCUT2D eigenvalue weighted by Gasteiger charge is -2.08. The van der Waals surface area contributed by atoms with Gasteiger partial charge in [0, 0.05) is 11.4 Å². The first-order valence-corrected chi connectivity index (χ1v) is 7.17. The quantitative estimate of drug-likeness (QED) is 0.697. The Hall–Kier alpha value is -2.67. The van der Waals surface area contributed by atoms with Crippen molar-refractivity contribution in [2.24, 2.45) is 0 Å². The molecule has 3 aromatic rings. The molecule has 2 N–H and O–H groups in total. The van der Waals surface area contributed by atoms with Gasteiger partial charge < -0.3 is 10.1 Å². The van der Waals surface area contributed by atoms with Crippen LogP contribution in [-0.2, 0) is 6.61 Å². The van der Waals surface area contributed by atoms with Crippen molar-refractivity contribution in [3.63, 3.8) is 0 Å². The Morgan fingerprint density at radius 1 is 1.30 bits per heavy atom. The Morgan fingerprint density at radius 2 is 2.09 bits per heavy atom. The number of halogens is 2. The van der Waals surface area contributed by atoms with Crippen molar-refractivity contribution in [2.75, 3.05) is 5.32 Å². The molecule has 1 aromatic carbocycles. The van der Waals surface area contributed by atoms with Gasteiger partial charge in [0.05, 0.1) is 11.9 Å². The minimum Gasteiger partial charge on any atom is -0.487 e. The lowest BCUT2D eigenvalue weighted by Crippen LogP contribution is -1.99. The number of H-pyrrole nitrogens is 1. The van der Waals surface area contributed by atoms with Gasteiger partial charge in [-0.05, 0) is 48.9 Å². The molecular weight excluding hydrogens is 321 g/mol. The summed E-state index contributed by atoms with van der Waals surface area (Å²) in [5.74, 6) is 0.117. The summed E-state index contributed by atoms with van der Waals surface area (Å²) in [4.78, 5) is 7.35. The zero-order chi connectivity index (χ0) is 16.2. The summed E-state index contributed by atoms with van der Waals surface area (Å²) in [5.41, 5.74) is 2.46. The van der Waals surface area contributed by atoms with Crippen LogP contribution in [-0.4, -0.2) is 20.2 Å². The van der Waals surface area contributed by atoms with E-state index in [4.69, 9.17) is 16.3 Å². The number of aryl methyl sites for hydroxylation is 1. The molecule has 0 aliphatic rings. The first-order chi connectivity index (χ1) is 11.1. The Labute approximate surface area is 136 Å². The normalized spacial score (nSPS) is 10.6. The van der Waals surface area contributed by atoms with Gasteiger partial charge in [-0.1, -0.05) is 0 Å². The van der Waals surface area contributed by atoms with Crippen LogP contribution in [0.2, 0.25) is 5.28 Å². The number of ether oxygens (including phenoxy) is 1. The number of hydrogen-bond donors (Lipinski definition) is 2. The maximum Gasteiger partial charge on any atom is 0.224 e. The lowest BCUT2D eigenvalue weighted by molar-refractivity contribution is 0.301. The van der Waals surface area contributed by atoms with Crippen LogP contribution in [0.25, 0.3) is 0 Å². The lowest BCUT2D eigenvalue weighted by atomic mass is 10.3. The van der Waals surface area contributed by atoms with Gasteiger partial charge in [0.1, 0.15) is 12.4 Å². The van der Waals surface area contributed by atoms with Crippen molar-refractivity contribution < 1.29 is 9.13 Å². The summed E-state index contributed by atoms with van der Waals surface area (Å²) >= 11 is 5.65. The topological polar surface area (TPSA) is 75.7 Å². The van der Waals surface area contributed by atoms with Gasteiger partial charge >= 0.3 is 0 Å². The second kappa shape index (κ2) is 6.62. The average molecular weight is 334 g/mol. The van der Waals surface area contributed by atoms with Crippen molar-refractivity contribution in [1.29, 1.82) is 0 Å². The largest absolute Gasteiger partial charge is 0.487 e. The summed E-state index contributed by atoms with van der Waals surface area (Å²) in [6.07, 6.45) is 1.01. The average Bonchev–Trinajstić information content (AvgIpc) is 2.96. The fourth-order valence-electron chi connectivity index (χ4n) is 1.91. The number of nitrogens with one attached hydrogen (secondary N) is 2.